The molecular weight excluding hydrogens is 262 g/mol. The second-order valence-corrected chi connectivity index (χ2v) is 5.42. The maximum absolute atomic E-state index is 12.0. The van der Waals surface area contributed by atoms with Gasteiger partial charge >= 0.3 is 0 Å². The number of carbonyl (C=O) groups is 1. The van der Waals surface area contributed by atoms with Gasteiger partial charge in [0.1, 0.15) is 0 Å². The van der Waals surface area contributed by atoms with Crippen molar-refractivity contribution >= 4 is 17.5 Å². The van der Waals surface area contributed by atoms with Gasteiger partial charge in [-0.1, -0.05) is 18.0 Å². The molecule has 5 heteroatoms. The third-order valence-electron chi connectivity index (χ3n) is 3.58. The Hall–Kier alpha value is -1.13. The first-order valence-electron chi connectivity index (χ1n) is 6.80. The summed E-state index contributed by atoms with van der Waals surface area (Å²) < 4.78 is 0. The van der Waals surface area contributed by atoms with Gasteiger partial charge in [0.15, 0.2) is 0 Å². The van der Waals surface area contributed by atoms with Gasteiger partial charge in [-0.3, -0.25) is 14.7 Å². The summed E-state index contributed by atoms with van der Waals surface area (Å²) in [5, 5.41) is 3.37. The van der Waals surface area contributed by atoms with Crippen LogP contribution in [0.1, 0.15) is 36.5 Å². The van der Waals surface area contributed by atoms with E-state index >= 15 is 0 Å². The summed E-state index contributed by atoms with van der Waals surface area (Å²) in [7, 11) is 0. The van der Waals surface area contributed by atoms with Gasteiger partial charge in [-0.15, -0.1) is 0 Å². The highest BCUT2D eigenvalue weighted by molar-refractivity contribution is 6.33. The Morgan fingerprint density at radius 3 is 2.89 bits per heavy atom. The standard InChI is InChI=1S/C14H20ClN3O/c1-11(18-7-3-2-4-8-18)9-17-14(19)12-10-16-6-5-13(12)15/h5-6,10-11H,2-4,7-9H2,1H3,(H,17,19). The number of rotatable bonds is 4. The van der Waals surface area contributed by atoms with Crippen molar-refractivity contribution in [2.75, 3.05) is 19.6 Å². The highest BCUT2D eigenvalue weighted by Gasteiger charge is 2.18. The Morgan fingerprint density at radius 2 is 2.21 bits per heavy atom. The van der Waals surface area contributed by atoms with Crippen molar-refractivity contribution in [3.8, 4) is 0 Å². The SMILES string of the molecule is CC(CNC(=O)c1cnccc1Cl)N1CCCCC1. The molecule has 1 aromatic heterocycles. The van der Waals surface area contributed by atoms with Crippen molar-refractivity contribution in [2.24, 2.45) is 0 Å². The Bertz CT molecular complexity index is 432. The lowest BCUT2D eigenvalue weighted by molar-refractivity contribution is 0.0930. The Labute approximate surface area is 119 Å². The van der Waals surface area contributed by atoms with Crippen LogP contribution in [0, 0.1) is 0 Å². The van der Waals surface area contributed by atoms with Crippen LogP contribution in [0.5, 0.6) is 0 Å². The average molecular weight is 282 g/mol. The number of aromatic nitrogens is 1. The predicted molar refractivity (Wildman–Crippen MR) is 76.5 cm³/mol. The normalized spacial score (nSPS) is 18.0. The lowest BCUT2D eigenvalue weighted by atomic mass is 10.1. The molecule has 0 spiro atoms. The highest BCUT2D eigenvalue weighted by atomic mass is 35.5. The van der Waals surface area contributed by atoms with Crippen molar-refractivity contribution in [3.05, 3.63) is 29.0 Å². The van der Waals surface area contributed by atoms with E-state index in [1.54, 1.807) is 12.3 Å². The van der Waals surface area contributed by atoms with Gasteiger partial charge in [-0.05, 0) is 38.9 Å². The summed E-state index contributed by atoms with van der Waals surface area (Å²) in [5.41, 5.74) is 0.440. The van der Waals surface area contributed by atoms with Crippen molar-refractivity contribution in [3.63, 3.8) is 0 Å². The molecule has 0 radical (unpaired) electrons. The van der Waals surface area contributed by atoms with E-state index in [0.29, 0.717) is 23.2 Å². The molecule has 1 amide bonds. The van der Waals surface area contributed by atoms with Gasteiger partial charge in [0.25, 0.3) is 5.91 Å². The molecule has 1 saturated heterocycles. The van der Waals surface area contributed by atoms with Crippen molar-refractivity contribution in [2.45, 2.75) is 32.2 Å². The van der Waals surface area contributed by atoms with Crippen molar-refractivity contribution < 1.29 is 4.79 Å². The fourth-order valence-corrected chi connectivity index (χ4v) is 2.56. The maximum atomic E-state index is 12.0. The monoisotopic (exact) mass is 281 g/mol. The summed E-state index contributed by atoms with van der Waals surface area (Å²) >= 11 is 5.97. The zero-order valence-corrected chi connectivity index (χ0v) is 12.0. The summed E-state index contributed by atoms with van der Waals surface area (Å²) in [6.07, 6.45) is 6.92. The number of carbonyl (C=O) groups excluding carboxylic acids is 1. The summed E-state index contributed by atoms with van der Waals surface area (Å²) in [5.74, 6) is -0.151. The largest absolute Gasteiger partial charge is 0.350 e. The highest BCUT2D eigenvalue weighted by Crippen LogP contribution is 2.14. The van der Waals surface area contributed by atoms with Gasteiger partial charge in [-0.25, -0.2) is 0 Å². The lowest BCUT2D eigenvalue weighted by Crippen LogP contribution is -2.44. The van der Waals surface area contributed by atoms with E-state index in [9.17, 15) is 4.79 Å². The number of likely N-dealkylation sites (tertiary alicyclic amines) is 1. The molecule has 1 unspecified atom stereocenters. The van der Waals surface area contributed by atoms with Crippen LogP contribution in [0.25, 0.3) is 0 Å². The molecule has 0 bridgehead atoms. The van der Waals surface area contributed by atoms with E-state index in [4.69, 9.17) is 11.6 Å². The number of nitrogens with zero attached hydrogens (tertiary/aromatic N) is 2. The van der Waals surface area contributed by atoms with Crippen LogP contribution in [0.15, 0.2) is 18.5 Å². The lowest BCUT2D eigenvalue weighted by Gasteiger charge is -2.32. The third-order valence-corrected chi connectivity index (χ3v) is 3.91. The number of piperidine rings is 1. The van der Waals surface area contributed by atoms with Crippen LogP contribution in [-0.2, 0) is 0 Å². The predicted octanol–water partition coefficient (Wildman–Crippen LogP) is 2.34. The first-order valence-corrected chi connectivity index (χ1v) is 7.18. The van der Waals surface area contributed by atoms with Crippen LogP contribution in [0.3, 0.4) is 0 Å². The molecule has 19 heavy (non-hydrogen) atoms. The van der Waals surface area contributed by atoms with E-state index in [1.165, 1.54) is 25.5 Å². The zero-order chi connectivity index (χ0) is 13.7. The molecule has 2 heterocycles. The van der Waals surface area contributed by atoms with E-state index < -0.39 is 0 Å². The van der Waals surface area contributed by atoms with Gasteiger partial charge < -0.3 is 5.32 Å². The Morgan fingerprint density at radius 1 is 1.47 bits per heavy atom. The van der Waals surface area contributed by atoms with E-state index in [-0.39, 0.29) is 5.91 Å². The molecule has 1 aromatic rings. The Kier molecular flexibility index (Phi) is 5.16. The number of nitrogens with one attached hydrogen (secondary N) is 1. The number of hydrogen-bond donors (Lipinski definition) is 1. The zero-order valence-electron chi connectivity index (χ0n) is 11.2. The molecule has 2 rings (SSSR count). The minimum Gasteiger partial charge on any atom is -0.350 e. The van der Waals surface area contributed by atoms with Crippen LogP contribution in [0.4, 0.5) is 0 Å². The molecule has 1 fully saturated rings. The van der Waals surface area contributed by atoms with Crippen molar-refractivity contribution in [1.29, 1.82) is 0 Å². The molecule has 1 atom stereocenters. The van der Waals surface area contributed by atoms with E-state index in [1.807, 2.05) is 0 Å². The van der Waals surface area contributed by atoms with Crippen molar-refractivity contribution in [1.82, 2.24) is 15.2 Å². The Balaban J connectivity index is 1.84. The molecule has 0 saturated carbocycles. The average Bonchev–Trinajstić information content (AvgIpc) is 2.46. The molecular formula is C14H20ClN3O. The maximum Gasteiger partial charge on any atom is 0.254 e. The molecule has 4 nitrogen and oxygen atoms in total. The molecule has 0 aromatic carbocycles. The van der Waals surface area contributed by atoms with Gasteiger partial charge in [0.2, 0.25) is 0 Å². The quantitative estimate of drug-likeness (QED) is 0.921. The summed E-state index contributed by atoms with van der Waals surface area (Å²) in [4.78, 5) is 18.4. The first kappa shape index (κ1) is 14.3. The third kappa shape index (κ3) is 3.91. The fraction of sp³-hybridized carbons (Fsp3) is 0.571. The van der Waals surface area contributed by atoms with Crippen LogP contribution >= 0.6 is 11.6 Å². The van der Waals surface area contributed by atoms with E-state index in [0.717, 1.165) is 13.1 Å². The second-order valence-electron chi connectivity index (χ2n) is 5.01. The number of hydrogen-bond acceptors (Lipinski definition) is 3. The minimum atomic E-state index is -0.151. The molecule has 1 aliphatic rings. The second kappa shape index (κ2) is 6.87. The van der Waals surface area contributed by atoms with Gasteiger partial charge in [0.05, 0.1) is 10.6 Å². The summed E-state index contributed by atoms with van der Waals surface area (Å²) in [6.45, 7) is 5.05. The molecule has 1 aliphatic heterocycles. The molecule has 104 valence electrons. The fourth-order valence-electron chi connectivity index (χ4n) is 2.37. The minimum absolute atomic E-state index is 0.151. The van der Waals surface area contributed by atoms with Gasteiger partial charge in [0, 0.05) is 25.0 Å². The number of halogens is 1. The van der Waals surface area contributed by atoms with Crippen LogP contribution in [-0.4, -0.2) is 41.5 Å². The smallest absolute Gasteiger partial charge is 0.254 e. The van der Waals surface area contributed by atoms with Crippen LogP contribution in [0.2, 0.25) is 5.02 Å². The number of pyridine rings is 1. The van der Waals surface area contributed by atoms with Crippen LogP contribution < -0.4 is 5.32 Å². The molecule has 0 aliphatic carbocycles. The topological polar surface area (TPSA) is 45.2 Å². The number of amides is 1. The van der Waals surface area contributed by atoms with E-state index in [2.05, 4.69) is 22.1 Å². The summed E-state index contributed by atoms with van der Waals surface area (Å²) in [6, 6.07) is 1.99. The first-order chi connectivity index (χ1) is 9.18. The molecule has 1 N–H and O–H groups in total. The van der Waals surface area contributed by atoms with Gasteiger partial charge in [-0.2, -0.15) is 0 Å².